The summed E-state index contributed by atoms with van der Waals surface area (Å²) in [7, 11) is 0. The highest BCUT2D eigenvalue weighted by Crippen LogP contribution is 2.22. The van der Waals surface area contributed by atoms with Gasteiger partial charge in [0.15, 0.2) is 5.69 Å². The van der Waals surface area contributed by atoms with E-state index in [4.69, 9.17) is 4.52 Å². The second-order valence-corrected chi connectivity index (χ2v) is 4.88. The number of carbonyl (C=O) groups is 1. The Balaban J connectivity index is 1.73. The Hall–Kier alpha value is -2.11. The molecule has 0 unspecified atom stereocenters. The van der Waals surface area contributed by atoms with Crippen LogP contribution < -0.4 is 0 Å². The second-order valence-electron chi connectivity index (χ2n) is 4.88. The van der Waals surface area contributed by atoms with Crippen molar-refractivity contribution in [2.75, 3.05) is 13.1 Å². The molecule has 1 atom stereocenters. The summed E-state index contributed by atoms with van der Waals surface area (Å²) in [5, 5.41) is 3.79. The average Bonchev–Trinajstić information content (AvgIpc) is 3.09. The van der Waals surface area contributed by atoms with Crippen LogP contribution in [0.15, 0.2) is 29.3 Å². The molecule has 0 spiro atoms. The fourth-order valence-electron chi connectivity index (χ4n) is 2.50. The van der Waals surface area contributed by atoms with E-state index in [0.29, 0.717) is 24.0 Å². The maximum atomic E-state index is 12.3. The van der Waals surface area contributed by atoms with Crippen LogP contribution in [-0.2, 0) is 0 Å². The van der Waals surface area contributed by atoms with E-state index in [1.165, 1.54) is 0 Å². The molecular formula is C13H16N4O2. The smallest absolute Gasteiger partial charge is 0.276 e. The summed E-state index contributed by atoms with van der Waals surface area (Å²) >= 11 is 0. The van der Waals surface area contributed by atoms with Gasteiger partial charge in [0, 0.05) is 31.5 Å². The van der Waals surface area contributed by atoms with Gasteiger partial charge < -0.3 is 14.0 Å². The minimum atomic E-state index is -0.0540. The van der Waals surface area contributed by atoms with Gasteiger partial charge in [-0.3, -0.25) is 4.79 Å². The molecule has 2 aromatic heterocycles. The van der Waals surface area contributed by atoms with Crippen molar-refractivity contribution in [1.29, 1.82) is 0 Å². The van der Waals surface area contributed by atoms with E-state index in [2.05, 4.69) is 14.7 Å². The molecule has 1 fully saturated rings. The van der Waals surface area contributed by atoms with E-state index >= 15 is 0 Å². The van der Waals surface area contributed by atoms with Crippen molar-refractivity contribution in [3.63, 3.8) is 0 Å². The predicted octanol–water partition coefficient (Wildman–Crippen LogP) is 1.66. The molecule has 19 heavy (non-hydrogen) atoms. The van der Waals surface area contributed by atoms with E-state index in [0.717, 1.165) is 19.4 Å². The summed E-state index contributed by atoms with van der Waals surface area (Å²) < 4.78 is 7.03. The van der Waals surface area contributed by atoms with E-state index in [9.17, 15) is 4.79 Å². The standard InChI is InChI=1S/C13H16N4O2/c1-10-7-12(15-19-10)13(18)16-5-2-3-11(8-16)17-6-4-14-9-17/h4,6-7,9,11H,2-3,5,8H2,1H3/t11-/m0/s1. The number of likely N-dealkylation sites (tertiary alicyclic amines) is 1. The predicted molar refractivity (Wildman–Crippen MR) is 67.6 cm³/mol. The van der Waals surface area contributed by atoms with Gasteiger partial charge in [0.25, 0.3) is 5.91 Å². The lowest BCUT2D eigenvalue weighted by molar-refractivity contribution is 0.0669. The Bertz CT molecular complexity index is 561. The number of aryl methyl sites for hydroxylation is 1. The molecule has 0 bridgehead atoms. The number of nitrogens with zero attached hydrogens (tertiary/aromatic N) is 4. The van der Waals surface area contributed by atoms with Crippen LogP contribution in [0.3, 0.4) is 0 Å². The van der Waals surface area contributed by atoms with E-state index in [-0.39, 0.29) is 5.91 Å². The molecule has 6 heteroatoms. The van der Waals surface area contributed by atoms with Crippen molar-refractivity contribution in [2.45, 2.75) is 25.8 Å². The highest BCUT2D eigenvalue weighted by molar-refractivity contribution is 5.92. The molecule has 2 aromatic rings. The van der Waals surface area contributed by atoms with Gasteiger partial charge >= 0.3 is 0 Å². The lowest BCUT2D eigenvalue weighted by Crippen LogP contribution is -2.40. The summed E-state index contributed by atoms with van der Waals surface area (Å²) in [6.45, 7) is 3.26. The molecule has 0 aliphatic carbocycles. The van der Waals surface area contributed by atoms with Crippen LogP contribution in [-0.4, -0.2) is 38.6 Å². The molecule has 1 saturated heterocycles. The third-order valence-corrected chi connectivity index (χ3v) is 3.48. The Labute approximate surface area is 111 Å². The lowest BCUT2D eigenvalue weighted by atomic mass is 10.1. The number of carbonyl (C=O) groups excluding carboxylic acids is 1. The largest absolute Gasteiger partial charge is 0.361 e. The van der Waals surface area contributed by atoms with Crippen LogP contribution in [0.2, 0.25) is 0 Å². The van der Waals surface area contributed by atoms with Gasteiger partial charge in [-0.2, -0.15) is 0 Å². The zero-order valence-electron chi connectivity index (χ0n) is 10.8. The van der Waals surface area contributed by atoms with Gasteiger partial charge in [-0.15, -0.1) is 0 Å². The van der Waals surface area contributed by atoms with Crippen molar-refractivity contribution in [3.8, 4) is 0 Å². The molecule has 3 rings (SSSR count). The molecule has 1 aliphatic heterocycles. The Morgan fingerprint density at radius 3 is 3.11 bits per heavy atom. The molecule has 100 valence electrons. The minimum absolute atomic E-state index is 0.0540. The topological polar surface area (TPSA) is 64.2 Å². The molecule has 3 heterocycles. The van der Waals surface area contributed by atoms with Gasteiger partial charge in [0.1, 0.15) is 5.76 Å². The fraction of sp³-hybridized carbons (Fsp3) is 0.462. The van der Waals surface area contributed by atoms with Crippen LogP contribution in [0.25, 0.3) is 0 Å². The Kier molecular flexibility index (Phi) is 3.06. The van der Waals surface area contributed by atoms with Crippen molar-refractivity contribution >= 4 is 5.91 Å². The van der Waals surface area contributed by atoms with Gasteiger partial charge in [-0.05, 0) is 19.8 Å². The van der Waals surface area contributed by atoms with Crippen molar-refractivity contribution in [1.82, 2.24) is 19.6 Å². The lowest BCUT2D eigenvalue weighted by Gasteiger charge is -2.32. The summed E-state index contributed by atoms with van der Waals surface area (Å²) in [4.78, 5) is 18.2. The third kappa shape index (κ3) is 2.38. The Morgan fingerprint density at radius 1 is 1.53 bits per heavy atom. The minimum Gasteiger partial charge on any atom is -0.361 e. The first-order chi connectivity index (χ1) is 9.24. The first-order valence-corrected chi connectivity index (χ1v) is 6.44. The number of rotatable bonds is 2. The van der Waals surface area contributed by atoms with Crippen molar-refractivity contribution in [2.24, 2.45) is 0 Å². The van der Waals surface area contributed by atoms with E-state index < -0.39 is 0 Å². The highest BCUT2D eigenvalue weighted by Gasteiger charge is 2.26. The molecule has 1 aliphatic rings. The number of aromatic nitrogens is 3. The number of imidazole rings is 1. The van der Waals surface area contributed by atoms with Crippen LogP contribution >= 0.6 is 0 Å². The summed E-state index contributed by atoms with van der Waals surface area (Å²) in [5.41, 5.74) is 0.392. The number of piperidine rings is 1. The van der Waals surface area contributed by atoms with Gasteiger partial charge in [-0.25, -0.2) is 4.98 Å². The molecule has 0 aromatic carbocycles. The second kappa shape index (κ2) is 4.87. The van der Waals surface area contributed by atoms with Crippen LogP contribution in [0.4, 0.5) is 0 Å². The first kappa shape index (κ1) is 12.0. The first-order valence-electron chi connectivity index (χ1n) is 6.44. The SMILES string of the molecule is Cc1cc(C(=O)N2CCC[C@H](n3ccnc3)C2)no1. The zero-order chi connectivity index (χ0) is 13.2. The van der Waals surface area contributed by atoms with Gasteiger partial charge in [0.05, 0.1) is 12.4 Å². The quantitative estimate of drug-likeness (QED) is 0.823. The summed E-state index contributed by atoms with van der Waals surface area (Å²) in [5.74, 6) is 0.605. The maximum Gasteiger partial charge on any atom is 0.276 e. The normalized spacial score (nSPS) is 19.6. The monoisotopic (exact) mass is 260 g/mol. The zero-order valence-corrected chi connectivity index (χ0v) is 10.8. The van der Waals surface area contributed by atoms with Crippen molar-refractivity contribution < 1.29 is 9.32 Å². The molecule has 0 N–H and O–H groups in total. The molecule has 6 nitrogen and oxygen atoms in total. The summed E-state index contributed by atoms with van der Waals surface area (Å²) in [6, 6.07) is 1.98. The fourth-order valence-corrected chi connectivity index (χ4v) is 2.50. The molecule has 0 radical (unpaired) electrons. The van der Waals surface area contributed by atoms with E-state index in [1.807, 2.05) is 11.1 Å². The molecule has 0 saturated carbocycles. The number of amides is 1. The molecule has 1 amide bonds. The van der Waals surface area contributed by atoms with Crippen LogP contribution in [0.5, 0.6) is 0 Å². The summed E-state index contributed by atoms with van der Waals surface area (Å²) in [6.07, 6.45) is 7.57. The van der Waals surface area contributed by atoms with Crippen LogP contribution in [0, 0.1) is 6.92 Å². The number of hydrogen-bond donors (Lipinski definition) is 0. The highest BCUT2D eigenvalue weighted by atomic mass is 16.5. The van der Waals surface area contributed by atoms with Crippen LogP contribution in [0.1, 0.15) is 35.1 Å². The third-order valence-electron chi connectivity index (χ3n) is 3.48. The maximum absolute atomic E-state index is 12.3. The van der Waals surface area contributed by atoms with Gasteiger partial charge in [-0.1, -0.05) is 5.16 Å². The van der Waals surface area contributed by atoms with Crippen molar-refractivity contribution in [3.05, 3.63) is 36.2 Å². The number of hydrogen-bond acceptors (Lipinski definition) is 4. The van der Waals surface area contributed by atoms with E-state index in [1.54, 1.807) is 25.5 Å². The van der Waals surface area contributed by atoms with Gasteiger partial charge in [0.2, 0.25) is 0 Å². The average molecular weight is 260 g/mol. The Morgan fingerprint density at radius 2 is 2.42 bits per heavy atom. The molecular weight excluding hydrogens is 244 g/mol.